The Kier molecular flexibility index (Phi) is 3.11. The van der Waals surface area contributed by atoms with Crippen LogP contribution < -0.4 is 5.32 Å². The molecule has 0 atom stereocenters. The van der Waals surface area contributed by atoms with Crippen LogP contribution in [0.2, 0.25) is 0 Å². The number of amides is 1. The molecule has 1 saturated carbocycles. The highest BCUT2D eigenvalue weighted by atomic mass is 79.9. The number of nitrogens with one attached hydrogen (secondary N) is 1. The van der Waals surface area contributed by atoms with E-state index in [2.05, 4.69) is 26.2 Å². The summed E-state index contributed by atoms with van der Waals surface area (Å²) in [6.07, 6.45) is 3.48. The van der Waals surface area contributed by atoms with E-state index in [4.69, 9.17) is 0 Å². The first-order valence-corrected chi connectivity index (χ1v) is 6.99. The Bertz CT molecular complexity index is 591. The van der Waals surface area contributed by atoms with E-state index in [0.717, 1.165) is 22.9 Å². The number of hydrogen-bond acceptors (Lipinski definition) is 2. The van der Waals surface area contributed by atoms with Crippen LogP contribution in [0.15, 0.2) is 53.1 Å². The minimum Gasteiger partial charge on any atom is -0.310 e. The Labute approximate surface area is 120 Å². The summed E-state index contributed by atoms with van der Waals surface area (Å²) in [6, 6.07) is 13.6. The molecule has 1 fully saturated rings. The largest absolute Gasteiger partial charge is 0.310 e. The van der Waals surface area contributed by atoms with E-state index in [-0.39, 0.29) is 11.3 Å². The van der Waals surface area contributed by atoms with Gasteiger partial charge in [0, 0.05) is 10.7 Å². The van der Waals surface area contributed by atoms with Gasteiger partial charge in [0.25, 0.3) is 0 Å². The van der Waals surface area contributed by atoms with E-state index < -0.39 is 0 Å². The highest BCUT2D eigenvalue weighted by Gasteiger charge is 2.51. The number of halogens is 1. The number of nitrogens with zero attached hydrogens (tertiary/aromatic N) is 1. The predicted octanol–water partition coefficient (Wildman–Crippen LogP) is 3.51. The van der Waals surface area contributed by atoms with Gasteiger partial charge in [0.05, 0.1) is 5.41 Å². The quantitative estimate of drug-likeness (QED) is 0.941. The van der Waals surface area contributed by atoms with Crippen LogP contribution in [-0.2, 0) is 10.2 Å². The van der Waals surface area contributed by atoms with Crippen LogP contribution in [0.25, 0.3) is 0 Å². The molecule has 1 aromatic heterocycles. The number of benzene rings is 1. The molecule has 1 aliphatic carbocycles. The lowest BCUT2D eigenvalue weighted by atomic mass is 9.95. The van der Waals surface area contributed by atoms with Crippen LogP contribution in [0.3, 0.4) is 0 Å². The summed E-state index contributed by atoms with van der Waals surface area (Å²) in [7, 11) is 0. The van der Waals surface area contributed by atoms with Crippen molar-refractivity contribution in [3.8, 4) is 0 Å². The zero-order chi connectivity index (χ0) is 13.3. The topological polar surface area (TPSA) is 42.0 Å². The first-order valence-electron chi connectivity index (χ1n) is 6.19. The molecular weight excluding hydrogens is 304 g/mol. The van der Waals surface area contributed by atoms with Crippen LogP contribution in [0.1, 0.15) is 18.4 Å². The molecule has 0 bridgehead atoms. The third-order valence-corrected chi connectivity index (χ3v) is 3.95. The number of hydrogen-bond donors (Lipinski definition) is 1. The summed E-state index contributed by atoms with van der Waals surface area (Å²) in [6.45, 7) is 0. The maximum atomic E-state index is 12.4. The molecule has 1 heterocycles. The van der Waals surface area contributed by atoms with Crippen LogP contribution in [0.4, 0.5) is 5.82 Å². The van der Waals surface area contributed by atoms with Gasteiger partial charge in [0.2, 0.25) is 5.91 Å². The van der Waals surface area contributed by atoms with Crippen molar-refractivity contribution in [2.45, 2.75) is 18.3 Å². The van der Waals surface area contributed by atoms with E-state index in [0.29, 0.717) is 5.82 Å². The number of carbonyl (C=O) groups is 1. The van der Waals surface area contributed by atoms with Crippen molar-refractivity contribution in [3.05, 3.63) is 58.7 Å². The Morgan fingerprint density at radius 1 is 1.16 bits per heavy atom. The molecule has 4 heteroatoms. The van der Waals surface area contributed by atoms with Crippen LogP contribution >= 0.6 is 15.9 Å². The Hall–Kier alpha value is -1.68. The van der Waals surface area contributed by atoms with E-state index in [1.165, 1.54) is 0 Å². The first kappa shape index (κ1) is 12.4. The maximum Gasteiger partial charge on any atom is 0.236 e. The lowest BCUT2D eigenvalue weighted by molar-refractivity contribution is -0.118. The smallest absolute Gasteiger partial charge is 0.236 e. The van der Waals surface area contributed by atoms with E-state index in [1.807, 2.05) is 36.4 Å². The third kappa shape index (κ3) is 2.40. The molecule has 1 N–H and O–H groups in total. The molecule has 0 spiro atoms. The fourth-order valence-electron chi connectivity index (χ4n) is 2.21. The summed E-state index contributed by atoms with van der Waals surface area (Å²) in [5.41, 5.74) is 0.736. The second kappa shape index (κ2) is 4.78. The number of carbonyl (C=O) groups excluding carboxylic acids is 1. The second-order valence-electron chi connectivity index (χ2n) is 4.76. The molecule has 3 rings (SSSR count). The van der Waals surface area contributed by atoms with Crippen molar-refractivity contribution in [1.82, 2.24) is 4.98 Å². The monoisotopic (exact) mass is 316 g/mol. The summed E-state index contributed by atoms with van der Waals surface area (Å²) in [5, 5.41) is 2.90. The van der Waals surface area contributed by atoms with Crippen molar-refractivity contribution in [2.75, 3.05) is 5.32 Å². The molecule has 3 nitrogen and oxygen atoms in total. The molecule has 1 aliphatic rings. The average molecular weight is 317 g/mol. The highest BCUT2D eigenvalue weighted by Crippen LogP contribution is 2.48. The Morgan fingerprint density at radius 3 is 2.47 bits per heavy atom. The molecular formula is C15H13BrN2O. The van der Waals surface area contributed by atoms with Gasteiger partial charge < -0.3 is 5.32 Å². The molecule has 0 unspecified atom stereocenters. The second-order valence-corrected chi connectivity index (χ2v) is 5.68. The van der Waals surface area contributed by atoms with Gasteiger partial charge in [-0.25, -0.2) is 4.98 Å². The summed E-state index contributed by atoms with van der Waals surface area (Å²) in [5.74, 6) is 0.629. The van der Waals surface area contributed by atoms with E-state index >= 15 is 0 Å². The van der Waals surface area contributed by atoms with Crippen molar-refractivity contribution < 1.29 is 4.79 Å². The fourth-order valence-corrected chi connectivity index (χ4v) is 2.45. The van der Waals surface area contributed by atoms with Crippen molar-refractivity contribution in [3.63, 3.8) is 0 Å². The number of rotatable bonds is 3. The zero-order valence-corrected chi connectivity index (χ0v) is 11.9. The number of aromatic nitrogens is 1. The molecule has 19 heavy (non-hydrogen) atoms. The van der Waals surface area contributed by atoms with Gasteiger partial charge in [-0.3, -0.25) is 4.79 Å². The van der Waals surface area contributed by atoms with Crippen molar-refractivity contribution >= 4 is 27.7 Å². The van der Waals surface area contributed by atoms with Crippen LogP contribution in [-0.4, -0.2) is 10.9 Å². The lowest BCUT2D eigenvalue weighted by Gasteiger charge is -2.15. The SMILES string of the molecule is O=C(Nc1ccc(Br)cn1)C1(c2ccccc2)CC1. The normalized spacial score (nSPS) is 15.8. The van der Waals surface area contributed by atoms with Gasteiger partial charge in [0.15, 0.2) is 0 Å². The van der Waals surface area contributed by atoms with E-state index in [1.54, 1.807) is 12.3 Å². The van der Waals surface area contributed by atoms with Gasteiger partial charge in [-0.15, -0.1) is 0 Å². The van der Waals surface area contributed by atoms with Gasteiger partial charge in [-0.05, 0) is 46.5 Å². The minimum absolute atomic E-state index is 0.0357. The number of anilines is 1. The Balaban J connectivity index is 1.79. The molecule has 0 saturated heterocycles. The van der Waals surface area contributed by atoms with Crippen molar-refractivity contribution in [2.24, 2.45) is 0 Å². The summed E-state index contributed by atoms with van der Waals surface area (Å²) in [4.78, 5) is 16.6. The average Bonchev–Trinajstić information content (AvgIpc) is 3.24. The first-order chi connectivity index (χ1) is 9.21. The van der Waals surface area contributed by atoms with Gasteiger partial charge >= 0.3 is 0 Å². The lowest BCUT2D eigenvalue weighted by Crippen LogP contribution is -2.28. The fraction of sp³-hybridized carbons (Fsp3) is 0.200. The molecule has 0 aliphatic heterocycles. The summed E-state index contributed by atoms with van der Waals surface area (Å²) >= 11 is 3.33. The van der Waals surface area contributed by atoms with E-state index in [9.17, 15) is 4.79 Å². The molecule has 0 radical (unpaired) electrons. The third-order valence-electron chi connectivity index (χ3n) is 3.48. The van der Waals surface area contributed by atoms with Gasteiger partial charge in [-0.1, -0.05) is 30.3 Å². The summed E-state index contributed by atoms with van der Waals surface area (Å²) < 4.78 is 0.898. The minimum atomic E-state index is -0.351. The van der Waals surface area contributed by atoms with Crippen molar-refractivity contribution in [1.29, 1.82) is 0 Å². The van der Waals surface area contributed by atoms with Crippen LogP contribution in [0, 0.1) is 0 Å². The standard InChI is InChI=1S/C15H13BrN2O/c16-12-6-7-13(17-10-12)18-14(19)15(8-9-15)11-4-2-1-3-5-11/h1-7,10H,8-9H2,(H,17,18,19). The number of pyridine rings is 1. The van der Waals surface area contributed by atoms with Gasteiger partial charge in [-0.2, -0.15) is 0 Å². The maximum absolute atomic E-state index is 12.4. The zero-order valence-electron chi connectivity index (χ0n) is 10.3. The molecule has 1 amide bonds. The Morgan fingerprint density at radius 2 is 1.89 bits per heavy atom. The highest BCUT2D eigenvalue weighted by molar-refractivity contribution is 9.10. The molecule has 1 aromatic carbocycles. The molecule has 2 aromatic rings. The molecule has 96 valence electrons. The van der Waals surface area contributed by atoms with Gasteiger partial charge in [0.1, 0.15) is 5.82 Å². The predicted molar refractivity (Wildman–Crippen MR) is 77.9 cm³/mol. The van der Waals surface area contributed by atoms with Crippen LogP contribution in [0.5, 0.6) is 0 Å².